The second kappa shape index (κ2) is 8.79. The van der Waals surface area contributed by atoms with Crippen LogP contribution >= 0.6 is 11.8 Å². The van der Waals surface area contributed by atoms with E-state index in [9.17, 15) is 5.11 Å². The number of aromatic amines is 1. The minimum Gasteiger partial charge on any atom is -0.392 e. The lowest BCUT2D eigenvalue weighted by atomic mass is 9.94. The zero-order valence-electron chi connectivity index (χ0n) is 15.4. The highest BCUT2D eigenvalue weighted by Gasteiger charge is 2.15. The van der Waals surface area contributed by atoms with E-state index < -0.39 is 0 Å². The molecule has 0 saturated carbocycles. The van der Waals surface area contributed by atoms with Crippen molar-refractivity contribution in [3.8, 4) is 0 Å². The normalized spacial score (nSPS) is 17.2. The third-order valence-electron chi connectivity index (χ3n) is 5.25. The van der Waals surface area contributed by atoms with Gasteiger partial charge in [0.25, 0.3) is 0 Å². The van der Waals surface area contributed by atoms with Crippen LogP contribution in [0.4, 0.5) is 0 Å². The Morgan fingerprint density at radius 3 is 2.85 bits per heavy atom. The first kappa shape index (κ1) is 18.4. The van der Waals surface area contributed by atoms with E-state index in [4.69, 9.17) is 0 Å². The average Bonchev–Trinajstić information content (AvgIpc) is 3.14. The summed E-state index contributed by atoms with van der Waals surface area (Å²) in [5, 5.41) is 14.2. The summed E-state index contributed by atoms with van der Waals surface area (Å²) >= 11 is 2.00. The molecule has 0 aliphatic carbocycles. The SMILES string of the molecule is OCc1ccc2c(CSCCC3CC(c4ccccc4)=CCN3)c[nH]c2c1. The van der Waals surface area contributed by atoms with Crippen LogP contribution in [0.3, 0.4) is 0 Å². The van der Waals surface area contributed by atoms with E-state index in [0.29, 0.717) is 6.04 Å². The Labute approximate surface area is 164 Å². The van der Waals surface area contributed by atoms with Crippen molar-refractivity contribution in [3.63, 3.8) is 0 Å². The van der Waals surface area contributed by atoms with Crippen molar-refractivity contribution in [1.29, 1.82) is 0 Å². The number of hydrogen-bond acceptors (Lipinski definition) is 3. The van der Waals surface area contributed by atoms with Crippen LogP contribution in [0, 0.1) is 0 Å². The average molecular weight is 379 g/mol. The Hall–Kier alpha value is -2.01. The Kier molecular flexibility index (Phi) is 5.97. The van der Waals surface area contributed by atoms with Gasteiger partial charge in [-0.15, -0.1) is 0 Å². The lowest BCUT2D eigenvalue weighted by Crippen LogP contribution is -2.33. The van der Waals surface area contributed by atoms with Gasteiger partial charge in [0.2, 0.25) is 0 Å². The molecule has 0 spiro atoms. The molecule has 0 fully saturated rings. The van der Waals surface area contributed by atoms with Gasteiger partial charge >= 0.3 is 0 Å². The largest absolute Gasteiger partial charge is 0.392 e. The summed E-state index contributed by atoms with van der Waals surface area (Å²) in [6, 6.07) is 17.5. The molecule has 1 aliphatic rings. The predicted molar refractivity (Wildman–Crippen MR) is 116 cm³/mol. The van der Waals surface area contributed by atoms with Crippen LogP contribution in [0.15, 0.2) is 60.8 Å². The molecule has 1 aliphatic heterocycles. The van der Waals surface area contributed by atoms with Crippen LogP contribution in [0.1, 0.15) is 29.5 Å². The lowest BCUT2D eigenvalue weighted by Gasteiger charge is -2.24. The molecule has 0 radical (unpaired) electrons. The van der Waals surface area contributed by atoms with Crippen molar-refractivity contribution in [1.82, 2.24) is 10.3 Å². The van der Waals surface area contributed by atoms with Crippen LogP contribution < -0.4 is 5.32 Å². The van der Waals surface area contributed by atoms with Crippen molar-refractivity contribution < 1.29 is 5.11 Å². The molecule has 27 heavy (non-hydrogen) atoms. The highest BCUT2D eigenvalue weighted by molar-refractivity contribution is 7.98. The first-order chi connectivity index (χ1) is 13.3. The smallest absolute Gasteiger partial charge is 0.0682 e. The number of benzene rings is 2. The summed E-state index contributed by atoms with van der Waals surface area (Å²) < 4.78 is 0. The Morgan fingerprint density at radius 2 is 2.00 bits per heavy atom. The summed E-state index contributed by atoms with van der Waals surface area (Å²) in [5.74, 6) is 2.17. The Morgan fingerprint density at radius 1 is 1.11 bits per heavy atom. The molecule has 3 aromatic rings. The molecule has 1 atom stereocenters. The second-order valence-corrected chi connectivity index (χ2v) is 8.20. The predicted octanol–water partition coefficient (Wildman–Crippen LogP) is 4.73. The van der Waals surface area contributed by atoms with Gasteiger partial charge in [0.05, 0.1) is 6.61 Å². The van der Waals surface area contributed by atoms with Gasteiger partial charge in [-0.05, 0) is 46.9 Å². The van der Waals surface area contributed by atoms with E-state index in [2.05, 4.69) is 59.0 Å². The van der Waals surface area contributed by atoms with Crippen LogP contribution in [-0.4, -0.2) is 28.4 Å². The minimum absolute atomic E-state index is 0.0901. The number of rotatable bonds is 7. The number of nitrogens with one attached hydrogen (secondary N) is 2. The molecule has 1 unspecified atom stereocenters. The Balaban J connectivity index is 1.28. The van der Waals surface area contributed by atoms with Gasteiger partial charge in [0.15, 0.2) is 0 Å². The number of thioether (sulfide) groups is 1. The zero-order chi connectivity index (χ0) is 18.5. The van der Waals surface area contributed by atoms with Crippen molar-refractivity contribution in [2.24, 2.45) is 0 Å². The third-order valence-corrected chi connectivity index (χ3v) is 6.29. The second-order valence-electron chi connectivity index (χ2n) is 7.10. The summed E-state index contributed by atoms with van der Waals surface area (Å²) in [7, 11) is 0. The van der Waals surface area contributed by atoms with Crippen LogP contribution in [0.5, 0.6) is 0 Å². The molecule has 2 heterocycles. The standard InChI is InChI=1S/C23H26N2OS/c26-15-17-6-7-22-20(14-25-23(22)12-17)16-27-11-9-21-13-19(8-10-24-21)18-4-2-1-3-5-18/h1-8,12,14,21,24-26H,9-11,13,15-16H2. The number of H-pyrrole nitrogens is 1. The van der Waals surface area contributed by atoms with E-state index in [1.165, 1.54) is 28.5 Å². The van der Waals surface area contributed by atoms with E-state index in [-0.39, 0.29) is 6.61 Å². The lowest BCUT2D eigenvalue weighted by molar-refractivity contribution is 0.282. The summed E-state index contributed by atoms with van der Waals surface area (Å²) in [4.78, 5) is 3.33. The first-order valence-electron chi connectivity index (χ1n) is 9.59. The monoisotopic (exact) mass is 378 g/mol. The zero-order valence-corrected chi connectivity index (χ0v) is 16.3. The topological polar surface area (TPSA) is 48.0 Å². The number of aliphatic hydroxyl groups excluding tert-OH is 1. The van der Waals surface area contributed by atoms with Crippen molar-refractivity contribution in [2.75, 3.05) is 12.3 Å². The fourth-order valence-electron chi connectivity index (χ4n) is 3.72. The molecular formula is C23H26N2OS. The van der Waals surface area contributed by atoms with Gasteiger partial charge in [-0.3, -0.25) is 0 Å². The van der Waals surface area contributed by atoms with Gasteiger partial charge in [-0.25, -0.2) is 0 Å². The first-order valence-corrected chi connectivity index (χ1v) is 10.7. The highest BCUT2D eigenvalue weighted by atomic mass is 32.2. The molecule has 2 aromatic carbocycles. The highest BCUT2D eigenvalue weighted by Crippen LogP contribution is 2.26. The molecule has 140 valence electrons. The van der Waals surface area contributed by atoms with Crippen LogP contribution in [0.2, 0.25) is 0 Å². The summed E-state index contributed by atoms with van der Waals surface area (Å²) in [6.07, 6.45) is 6.73. The molecule has 0 bridgehead atoms. The molecular weight excluding hydrogens is 352 g/mol. The van der Waals surface area contributed by atoms with Crippen molar-refractivity contribution in [2.45, 2.75) is 31.2 Å². The molecule has 0 saturated heterocycles. The van der Waals surface area contributed by atoms with Gasteiger partial charge in [0, 0.05) is 35.4 Å². The molecule has 1 aromatic heterocycles. The number of fused-ring (bicyclic) bond motifs is 1. The van der Waals surface area contributed by atoms with Crippen LogP contribution in [0.25, 0.3) is 16.5 Å². The third kappa shape index (κ3) is 4.46. The number of aliphatic hydroxyl groups is 1. The minimum atomic E-state index is 0.0901. The quantitative estimate of drug-likeness (QED) is 0.521. The Bertz CT molecular complexity index is 917. The summed E-state index contributed by atoms with van der Waals surface area (Å²) in [6.45, 7) is 1.06. The molecule has 4 rings (SSSR count). The van der Waals surface area contributed by atoms with E-state index in [0.717, 1.165) is 35.6 Å². The van der Waals surface area contributed by atoms with E-state index in [1.54, 1.807) is 0 Å². The van der Waals surface area contributed by atoms with Crippen molar-refractivity contribution >= 4 is 28.2 Å². The molecule has 3 N–H and O–H groups in total. The van der Waals surface area contributed by atoms with Crippen molar-refractivity contribution in [3.05, 3.63) is 77.5 Å². The molecule has 3 nitrogen and oxygen atoms in total. The van der Waals surface area contributed by atoms with Gasteiger partial charge < -0.3 is 15.4 Å². The molecule has 4 heteroatoms. The summed E-state index contributed by atoms with van der Waals surface area (Å²) in [5.41, 5.74) is 6.25. The van der Waals surface area contributed by atoms with Gasteiger partial charge in [0.1, 0.15) is 0 Å². The van der Waals surface area contributed by atoms with E-state index in [1.807, 2.05) is 23.9 Å². The number of aromatic nitrogens is 1. The van der Waals surface area contributed by atoms with Gasteiger partial charge in [-0.1, -0.05) is 48.5 Å². The maximum absolute atomic E-state index is 9.26. The fourth-order valence-corrected chi connectivity index (χ4v) is 4.78. The van der Waals surface area contributed by atoms with Crippen LogP contribution in [-0.2, 0) is 12.4 Å². The maximum Gasteiger partial charge on any atom is 0.0682 e. The maximum atomic E-state index is 9.26. The van der Waals surface area contributed by atoms with E-state index >= 15 is 0 Å². The molecule has 0 amide bonds. The number of hydrogen-bond donors (Lipinski definition) is 3. The fraction of sp³-hybridized carbons (Fsp3) is 0.304. The van der Waals surface area contributed by atoms with Gasteiger partial charge in [-0.2, -0.15) is 11.8 Å².